The summed E-state index contributed by atoms with van der Waals surface area (Å²) in [5, 5.41) is 0. The van der Waals surface area contributed by atoms with Gasteiger partial charge >= 0.3 is 0 Å². The van der Waals surface area contributed by atoms with Crippen LogP contribution in [0.15, 0.2) is 0 Å². The molecule has 9 heavy (non-hydrogen) atoms. The van der Waals surface area contributed by atoms with E-state index in [1.165, 1.54) is 18.6 Å². The summed E-state index contributed by atoms with van der Waals surface area (Å²) in [6.07, 6.45) is 2.65. The van der Waals surface area contributed by atoms with Crippen molar-refractivity contribution in [1.29, 1.82) is 0 Å². The molecule has 1 aliphatic heterocycles. The molecule has 1 rings (SSSR count). The number of nitrogens with two attached hydrogens (primary N) is 1. The first-order chi connectivity index (χ1) is 4.15. The second-order valence-electron chi connectivity index (χ2n) is 3.05. The molecule has 2 heteroatoms. The topological polar surface area (TPSA) is 26.0 Å². The molecule has 1 nitrogen and oxygen atoms in total. The van der Waals surface area contributed by atoms with Crippen LogP contribution in [-0.2, 0) is 0 Å². The van der Waals surface area contributed by atoms with E-state index in [-0.39, 0.29) is 0 Å². The highest BCUT2D eigenvalue weighted by Crippen LogP contribution is 2.39. The predicted octanol–water partition coefficient (Wildman–Crippen LogP) is 1.62. The van der Waals surface area contributed by atoms with Gasteiger partial charge in [0.25, 0.3) is 0 Å². The van der Waals surface area contributed by atoms with Crippen LogP contribution in [-0.4, -0.2) is 16.5 Å². The Labute approximate surface area is 61.4 Å². The van der Waals surface area contributed by atoms with Crippen LogP contribution >= 0.6 is 11.8 Å². The Morgan fingerprint density at radius 1 is 1.67 bits per heavy atom. The van der Waals surface area contributed by atoms with Crippen molar-refractivity contribution in [3.05, 3.63) is 0 Å². The van der Waals surface area contributed by atoms with Gasteiger partial charge in [-0.25, -0.2) is 0 Å². The SMILES string of the molecule is CC(N)C1(C)CCCS1. The highest BCUT2D eigenvalue weighted by molar-refractivity contribution is 8.00. The van der Waals surface area contributed by atoms with Crippen LogP contribution in [0.3, 0.4) is 0 Å². The third-order valence-electron chi connectivity index (χ3n) is 2.21. The zero-order chi connectivity index (χ0) is 6.91. The minimum absolute atomic E-state index is 0.352. The van der Waals surface area contributed by atoms with E-state index < -0.39 is 0 Å². The van der Waals surface area contributed by atoms with E-state index in [0.717, 1.165) is 0 Å². The molecule has 0 aliphatic carbocycles. The molecule has 0 spiro atoms. The van der Waals surface area contributed by atoms with Crippen molar-refractivity contribution in [2.75, 3.05) is 5.75 Å². The normalized spacial score (nSPS) is 39.0. The standard InChI is InChI=1S/C7H15NS/c1-6(8)7(2)4-3-5-9-7/h6H,3-5,8H2,1-2H3. The average Bonchev–Trinajstić information content (AvgIpc) is 2.16. The fraction of sp³-hybridized carbons (Fsp3) is 1.00. The van der Waals surface area contributed by atoms with Crippen LogP contribution < -0.4 is 5.73 Å². The number of rotatable bonds is 1. The Morgan fingerprint density at radius 2 is 2.33 bits per heavy atom. The fourth-order valence-electron chi connectivity index (χ4n) is 1.16. The summed E-state index contributed by atoms with van der Waals surface area (Å²) in [6.45, 7) is 4.38. The molecule has 0 amide bonds. The number of thioether (sulfide) groups is 1. The number of hydrogen-bond acceptors (Lipinski definition) is 2. The lowest BCUT2D eigenvalue weighted by molar-refractivity contribution is 0.514. The van der Waals surface area contributed by atoms with E-state index in [9.17, 15) is 0 Å². The van der Waals surface area contributed by atoms with E-state index in [0.29, 0.717) is 10.8 Å². The molecule has 54 valence electrons. The molecule has 2 unspecified atom stereocenters. The third-order valence-corrected chi connectivity index (χ3v) is 3.94. The van der Waals surface area contributed by atoms with Crippen LogP contribution in [0.4, 0.5) is 0 Å². The quantitative estimate of drug-likeness (QED) is 0.607. The maximum atomic E-state index is 5.81. The summed E-state index contributed by atoms with van der Waals surface area (Å²) in [7, 11) is 0. The second-order valence-corrected chi connectivity index (χ2v) is 4.68. The third kappa shape index (κ3) is 1.41. The minimum atomic E-state index is 0.352. The molecule has 0 radical (unpaired) electrons. The molecule has 0 saturated carbocycles. The molecule has 0 aromatic carbocycles. The zero-order valence-corrected chi connectivity index (χ0v) is 7.00. The highest BCUT2D eigenvalue weighted by atomic mass is 32.2. The van der Waals surface area contributed by atoms with Crippen LogP contribution in [0.2, 0.25) is 0 Å². The first kappa shape index (κ1) is 7.42. The molecular weight excluding hydrogens is 130 g/mol. The van der Waals surface area contributed by atoms with Gasteiger partial charge in [0.2, 0.25) is 0 Å². The average molecular weight is 145 g/mol. The van der Waals surface area contributed by atoms with Gasteiger partial charge in [0.05, 0.1) is 0 Å². The van der Waals surface area contributed by atoms with E-state index >= 15 is 0 Å². The molecular formula is C7H15NS. The van der Waals surface area contributed by atoms with E-state index in [4.69, 9.17) is 5.73 Å². The molecule has 0 aromatic rings. The first-order valence-corrected chi connectivity index (χ1v) is 4.53. The van der Waals surface area contributed by atoms with Crippen molar-refractivity contribution >= 4 is 11.8 Å². The summed E-state index contributed by atoms with van der Waals surface area (Å²) in [5.74, 6) is 1.30. The Bertz CT molecular complexity index is 95.1. The first-order valence-electron chi connectivity index (χ1n) is 3.55. The van der Waals surface area contributed by atoms with E-state index in [1.54, 1.807) is 0 Å². The van der Waals surface area contributed by atoms with Crippen LogP contribution in [0.1, 0.15) is 26.7 Å². The molecule has 2 atom stereocenters. The van der Waals surface area contributed by atoms with Crippen LogP contribution in [0, 0.1) is 0 Å². The Kier molecular flexibility index (Phi) is 2.07. The predicted molar refractivity (Wildman–Crippen MR) is 43.7 cm³/mol. The van der Waals surface area contributed by atoms with Crippen molar-refractivity contribution in [1.82, 2.24) is 0 Å². The van der Waals surface area contributed by atoms with E-state index in [1.807, 2.05) is 11.8 Å². The minimum Gasteiger partial charge on any atom is -0.327 e. The van der Waals surface area contributed by atoms with E-state index in [2.05, 4.69) is 13.8 Å². The Morgan fingerprint density at radius 3 is 2.56 bits per heavy atom. The van der Waals surface area contributed by atoms with Gasteiger partial charge in [0.15, 0.2) is 0 Å². The summed E-state index contributed by atoms with van der Waals surface area (Å²) < 4.78 is 0.389. The van der Waals surface area contributed by atoms with Gasteiger partial charge in [0.1, 0.15) is 0 Å². The van der Waals surface area contributed by atoms with Crippen molar-refractivity contribution in [2.45, 2.75) is 37.5 Å². The summed E-state index contributed by atoms with van der Waals surface area (Å²) in [5.41, 5.74) is 5.81. The lowest BCUT2D eigenvalue weighted by Gasteiger charge is -2.26. The lowest BCUT2D eigenvalue weighted by atomic mass is 9.99. The fourth-order valence-corrected chi connectivity index (χ4v) is 2.47. The number of hydrogen-bond donors (Lipinski definition) is 1. The molecule has 1 aliphatic rings. The molecule has 0 bridgehead atoms. The molecule has 2 N–H and O–H groups in total. The monoisotopic (exact) mass is 145 g/mol. The summed E-state index contributed by atoms with van der Waals surface area (Å²) in [4.78, 5) is 0. The van der Waals surface area contributed by atoms with Crippen LogP contribution in [0.25, 0.3) is 0 Å². The lowest BCUT2D eigenvalue weighted by Crippen LogP contribution is -2.38. The van der Waals surface area contributed by atoms with Crippen LogP contribution in [0.5, 0.6) is 0 Å². The molecule has 1 saturated heterocycles. The van der Waals surface area contributed by atoms with Crippen molar-refractivity contribution < 1.29 is 0 Å². The highest BCUT2D eigenvalue weighted by Gasteiger charge is 2.32. The van der Waals surface area contributed by atoms with Gasteiger partial charge in [-0.15, -0.1) is 0 Å². The van der Waals surface area contributed by atoms with Gasteiger partial charge in [0, 0.05) is 10.8 Å². The zero-order valence-electron chi connectivity index (χ0n) is 6.18. The summed E-state index contributed by atoms with van der Waals surface area (Å²) >= 11 is 2.03. The van der Waals surface area contributed by atoms with Crippen molar-refractivity contribution in [2.24, 2.45) is 5.73 Å². The maximum Gasteiger partial charge on any atom is 0.0280 e. The summed E-state index contributed by atoms with van der Waals surface area (Å²) in [6, 6.07) is 0.352. The second kappa shape index (κ2) is 2.51. The maximum absolute atomic E-state index is 5.81. The van der Waals surface area contributed by atoms with Gasteiger partial charge in [-0.3, -0.25) is 0 Å². The van der Waals surface area contributed by atoms with Gasteiger partial charge in [-0.2, -0.15) is 11.8 Å². The molecule has 0 aromatic heterocycles. The van der Waals surface area contributed by atoms with Crippen molar-refractivity contribution in [3.63, 3.8) is 0 Å². The van der Waals surface area contributed by atoms with Gasteiger partial charge in [-0.1, -0.05) is 0 Å². The largest absolute Gasteiger partial charge is 0.327 e. The Hall–Kier alpha value is 0.310. The Balaban J connectivity index is 2.51. The van der Waals surface area contributed by atoms with Crippen molar-refractivity contribution in [3.8, 4) is 0 Å². The smallest absolute Gasteiger partial charge is 0.0280 e. The molecule has 1 heterocycles. The van der Waals surface area contributed by atoms with Gasteiger partial charge in [-0.05, 0) is 32.4 Å². The molecule has 1 fully saturated rings. The van der Waals surface area contributed by atoms with Gasteiger partial charge < -0.3 is 5.73 Å².